The smallest absolute Gasteiger partial charge is 0.488 e. The van der Waals surface area contributed by atoms with Crippen molar-refractivity contribution in [3.8, 4) is 34.3 Å². The summed E-state index contributed by atoms with van der Waals surface area (Å²) in [6.07, 6.45) is 8.02. The van der Waals surface area contributed by atoms with Gasteiger partial charge in [0.15, 0.2) is 0 Å². The molecule has 4 heterocycles. The number of sulfonamides is 2. The maximum absolute atomic E-state index is 14.2. The summed E-state index contributed by atoms with van der Waals surface area (Å²) in [6, 6.07) is 24.0. The molecule has 2 aromatic heterocycles. The first kappa shape index (κ1) is 57.9. The van der Waals surface area contributed by atoms with Gasteiger partial charge in [0.2, 0.25) is 20.0 Å². The standard InChI is InChI=1S/2C31H35N4O4S.CH4.Na/c2*1-19(2)13-23-18-39-27-15-26(28-20(3)7-5-8-21(28)4)32-30(33-27)34-40(37,38)25-10-6-9-22(14-25)29(36)35(23)24-16-31(17-24)11-12-31;;/h2*5-10,14-15,19,23-24H,11-13,16-18H2,1-4H3;1H4;/q2*-1;;+1/t2*23-;;/m11../s1/i2*24D;;. The van der Waals surface area contributed by atoms with Crippen LogP contribution in [-0.4, -0.2) is 95.7 Å². The van der Waals surface area contributed by atoms with Gasteiger partial charge in [-0.2, -0.15) is 0 Å². The number of hydrogen-bond acceptors (Lipinski definition) is 12. The summed E-state index contributed by atoms with van der Waals surface area (Å²) in [6.45, 7) is 16.4. The molecule has 6 aromatic rings. The normalized spacial score (nSPS) is 23.2. The monoisotopic (exact) mass is 1160 g/mol. The van der Waals surface area contributed by atoms with Crippen LogP contribution in [-0.2, 0) is 20.0 Å². The largest absolute Gasteiger partial charge is 1.00 e. The van der Waals surface area contributed by atoms with Gasteiger partial charge in [0.25, 0.3) is 11.8 Å². The van der Waals surface area contributed by atoms with Crippen LogP contribution in [0.2, 0.25) is 0 Å². The Bertz CT molecular complexity index is 3470. The number of rotatable bonds is 8. The molecular weight excluding hydrogens is 1080 g/mol. The van der Waals surface area contributed by atoms with Gasteiger partial charge in [0, 0.05) is 46.4 Å². The number of fused-ring (bicyclic) bond motifs is 8. The zero-order valence-electron chi connectivity index (χ0n) is 49.7. The predicted molar refractivity (Wildman–Crippen MR) is 313 cm³/mol. The van der Waals surface area contributed by atoms with E-state index in [0.717, 1.165) is 59.1 Å². The summed E-state index contributed by atoms with van der Waals surface area (Å²) < 4.78 is 93.2. The molecule has 428 valence electrons. The Labute approximate surface area is 509 Å². The molecule has 0 saturated heterocycles. The molecule has 4 saturated carbocycles. The predicted octanol–water partition coefficient (Wildman–Crippen LogP) is 10.3. The zero-order chi connectivity index (χ0) is 58.3. The SMILES string of the molecule is C.[2H]C1(N2C(=O)c3cccc(c3)S(=O)(=O)[N-]c3nc(cc(-c4c(C)cccc4C)n3)OC[C@H]2CC(C)C)CC2(CC2)C1.[2H]C1(N2C(=O)c3cccc(c3)S(=O)(=O)[N-]c3nc(cc(-c4c(C)cccc4C)n3)OC[C@H]2CC(C)C)CC2(CC2)C1.[Na+]. The summed E-state index contributed by atoms with van der Waals surface area (Å²) in [4.78, 5) is 49.2. The molecule has 82 heavy (non-hydrogen) atoms. The summed E-state index contributed by atoms with van der Waals surface area (Å²) in [5.41, 5.74) is 7.34. The third-order valence-corrected chi connectivity index (χ3v) is 18.9. The van der Waals surface area contributed by atoms with E-state index in [1.807, 2.05) is 64.1 Å². The molecule has 0 radical (unpaired) electrons. The summed E-state index contributed by atoms with van der Waals surface area (Å²) in [7, 11) is -8.52. The van der Waals surface area contributed by atoms with Crippen molar-refractivity contribution in [3.63, 3.8) is 0 Å². The topological polar surface area (TPSA) is 207 Å². The molecule has 2 amide bonds. The first-order valence-corrected chi connectivity index (χ1v) is 30.6. The molecule has 6 aliphatic rings. The van der Waals surface area contributed by atoms with Crippen molar-refractivity contribution in [2.24, 2.45) is 22.7 Å². The molecule has 8 bridgehead atoms. The number of carbonyl (C=O) groups is 2. The Morgan fingerprint density at radius 2 is 0.902 bits per heavy atom. The van der Waals surface area contributed by atoms with Crippen LogP contribution in [0, 0.1) is 50.4 Å². The molecule has 4 aromatic carbocycles. The molecule has 2 atom stereocenters. The van der Waals surface area contributed by atoms with Crippen molar-refractivity contribution >= 4 is 43.8 Å². The molecule has 16 nitrogen and oxygen atoms in total. The van der Waals surface area contributed by atoms with Crippen LogP contribution in [0.1, 0.15) is 145 Å². The minimum absolute atomic E-state index is 0. The van der Waals surface area contributed by atoms with E-state index in [0.29, 0.717) is 49.9 Å². The van der Waals surface area contributed by atoms with Crippen molar-refractivity contribution in [2.45, 2.75) is 161 Å². The first-order valence-electron chi connectivity index (χ1n) is 28.8. The first-order chi connectivity index (χ1) is 38.8. The van der Waals surface area contributed by atoms with Gasteiger partial charge >= 0.3 is 29.6 Å². The quantitative estimate of drug-likeness (QED) is 0.131. The van der Waals surface area contributed by atoms with Crippen LogP contribution in [0.15, 0.2) is 107 Å². The van der Waals surface area contributed by atoms with Crippen LogP contribution >= 0.6 is 0 Å². The van der Waals surface area contributed by atoms with Crippen LogP contribution < -0.4 is 39.0 Å². The number of benzene rings is 4. The van der Waals surface area contributed by atoms with Gasteiger partial charge in [0.1, 0.15) is 25.0 Å². The fourth-order valence-corrected chi connectivity index (χ4v) is 13.9. The number of carbonyl (C=O) groups excluding carboxylic acids is 2. The molecule has 2 spiro atoms. The molecule has 19 heteroatoms. The van der Waals surface area contributed by atoms with E-state index < -0.39 is 44.2 Å². The van der Waals surface area contributed by atoms with Crippen molar-refractivity contribution in [1.29, 1.82) is 0 Å². The summed E-state index contributed by atoms with van der Waals surface area (Å²) in [5.74, 6) is -0.415. The molecule has 0 N–H and O–H groups in total. The number of hydrogen-bond donors (Lipinski definition) is 0. The Balaban J connectivity index is 0.000000197. The third kappa shape index (κ3) is 12.8. The second-order valence-electron chi connectivity index (χ2n) is 23.9. The molecule has 4 fully saturated rings. The van der Waals surface area contributed by atoms with E-state index in [1.165, 1.54) is 24.3 Å². The fourth-order valence-electron chi connectivity index (χ4n) is 12.0. The number of nitrogens with zero attached hydrogens (tertiary/aromatic N) is 8. The van der Waals surface area contributed by atoms with E-state index in [2.05, 4.69) is 57.1 Å². The number of amides is 2. The van der Waals surface area contributed by atoms with Gasteiger partial charge in [0.05, 0.1) is 24.6 Å². The van der Waals surface area contributed by atoms with E-state index in [1.54, 1.807) is 46.2 Å². The van der Waals surface area contributed by atoms with Gasteiger partial charge in [-0.05, 0) is 196 Å². The maximum atomic E-state index is 14.2. The molecule has 12 rings (SSSR count). The molecule has 2 aliphatic heterocycles. The number of aryl methyl sites for hydroxylation is 4. The Morgan fingerprint density at radius 1 is 0.561 bits per heavy atom. The van der Waals surface area contributed by atoms with Crippen molar-refractivity contribution in [1.82, 2.24) is 29.7 Å². The maximum Gasteiger partial charge on any atom is 1.00 e. The van der Waals surface area contributed by atoms with Gasteiger partial charge in [-0.25, -0.2) is 16.8 Å². The van der Waals surface area contributed by atoms with Gasteiger partial charge in [-0.15, -0.1) is 0 Å². The second kappa shape index (κ2) is 23.6. The molecular formula is C63H74N8NaO8S2-. The van der Waals surface area contributed by atoms with Crippen LogP contribution in [0.3, 0.4) is 0 Å². The average molecular weight is 1160 g/mol. The van der Waals surface area contributed by atoms with E-state index in [-0.39, 0.29) is 129 Å². The summed E-state index contributed by atoms with van der Waals surface area (Å²) >= 11 is 0. The van der Waals surface area contributed by atoms with Crippen molar-refractivity contribution < 1.29 is 68.2 Å². The average Bonchev–Trinajstić information content (AvgIpc) is 1.61. The zero-order valence-corrected chi connectivity index (χ0v) is 51.3. The van der Waals surface area contributed by atoms with Crippen LogP contribution in [0.25, 0.3) is 32.0 Å². The van der Waals surface area contributed by atoms with Crippen molar-refractivity contribution in [2.75, 3.05) is 13.2 Å². The van der Waals surface area contributed by atoms with Crippen LogP contribution in [0.4, 0.5) is 11.9 Å². The van der Waals surface area contributed by atoms with E-state index in [4.69, 9.17) is 9.47 Å². The minimum Gasteiger partial charge on any atom is -0.488 e. The Kier molecular flexibility index (Phi) is 16.7. The van der Waals surface area contributed by atoms with Gasteiger partial charge in [-0.1, -0.05) is 83.7 Å². The van der Waals surface area contributed by atoms with Gasteiger partial charge < -0.3 is 39.2 Å². The Morgan fingerprint density at radius 3 is 1.23 bits per heavy atom. The third-order valence-electron chi connectivity index (χ3n) is 16.4. The number of ether oxygens (including phenoxy) is 2. The second-order valence-corrected chi connectivity index (χ2v) is 27.1. The molecule has 4 aliphatic carbocycles. The van der Waals surface area contributed by atoms with E-state index in [9.17, 15) is 29.2 Å². The Hall–Kier alpha value is -5.92. The minimum atomic E-state index is -4.26. The summed E-state index contributed by atoms with van der Waals surface area (Å²) in [5, 5.41) is 0. The van der Waals surface area contributed by atoms with Crippen molar-refractivity contribution in [3.05, 3.63) is 140 Å². The number of aromatic nitrogens is 4. The van der Waals surface area contributed by atoms with Gasteiger partial charge in [-0.3, -0.25) is 19.0 Å². The van der Waals surface area contributed by atoms with Crippen LogP contribution in [0.5, 0.6) is 11.8 Å². The fraction of sp³-hybridized carbons (Fsp3) is 0.460. The molecule has 0 unspecified atom stereocenters. The van der Waals surface area contributed by atoms with E-state index >= 15 is 0 Å².